The largest absolute Gasteiger partial charge is 0.370 e. The highest BCUT2D eigenvalue weighted by molar-refractivity contribution is 5.80. The van der Waals surface area contributed by atoms with Crippen molar-refractivity contribution in [2.24, 2.45) is 0 Å². The second-order valence-electron chi connectivity index (χ2n) is 3.33. The lowest BCUT2D eigenvalue weighted by molar-refractivity contribution is -0.119. The SMILES string of the molecule is CCNC(=O)CNc1cc(NCC)nc(N)n1. The fraction of sp³-hybridized carbons (Fsp3) is 0.500. The van der Waals surface area contributed by atoms with Crippen molar-refractivity contribution < 1.29 is 4.79 Å². The minimum atomic E-state index is -0.0883. The van der Waals surface area contributed by atoms with Gasteiger partial charge in [0, 0.05) is 19.2 Å². The van der Waals surface area contributed by atoms with Crippen molar-refractivity contribution in [3.8, 4) is 0 Å². The molecule has 0 aliphatic heterocycles. The highest BCUT2D eigenvalue weighted by atomic mass is 16.1. The molecule has 0 radical (unpaired) electrons. The number of hydrogen-bond donors (Lipinski definition) is 4. The van der Waals surface area contributed by atoms with Gasteiger partial charge in [-0.25, -0.2) is 0 Å². The lowest BCUT2D eigenvalue weighted by Gasteiger charge is -2.08. The molecule has 1 aromatic rings. The van der Waals surface area contributed by atoms with Gasteiger partial charge in [-0.1, -0.05) is 0 Å². The van der Waals surface area contributed by atoms with Gasteiger partial charge < -0.3 is 21.7 Å². The van der Waals surface area contributed by atoms with Gasteiger partial charge in [-0.15, -0.1) is 0 Å². The van der Waals surface area contributed by atoms with Gasteiger partial charge in [-0.2, -0.15) is 9.97 Å². The summed E-state index contributed by atoms with van der Waals surface area (Å²) in [6.45, 7) is 5.33. The van der Waals surface area contributed by atoms with E-state index in [0.717, 1.165) is 6.54 Å². The molecule has 7 heteroatoms. The smallest absolute Gasteiger partial charge is 0.239 e. The molecule has 1 aromatic heterocycles. The summed E-state index contributed by atoms with van der Waals surface area (Å²) in [6, 6.07) is 1.71. The van der Waals surface area contributed by atoms with Crippen molar-refractivity contribution in [1.82, 2.24) is 15.3 Å². The van der Waals surface area contributed by atoms with Crippen LogP contribution in [0.25, 0.3) is 0 Å². The predicted octanol–water partition coefficient (Wildman–Crippen LogP) is 0.0386. The number of likely N-dealkylation sites (N-methyl/N-ethyl adjacent to an activating group) is 1. The van der Waals surface area contributed by atoms with Crippen molar-refractivity contribution in [2.45, 2.75) is 13.8 Å². The number of nitrogen functional groups attached to an aromatic ring is 1. The Kier molecular flexibility index (Phi) is 4.99. The highest BCUT2D eigenvalue weighted by Gasteiger charge is 2.03. The first-order chi connectivity index (χ1) is 8.15. The molecule has 0 aliphatic carbocycles. The van der Waals surface area contributed by atoms with Gasteiger partial charge in [0.05, 0.1) is 6.54 Å². The number of amides is 1. The Bertz CT molecular complexity index is 381. The lowest BCUT2D eigenvalue weighted by Crippen LogP contribution is -2.29. The minimum absolute atomic E-state index is 0.0883. The fourth-order valence-corrected chi connectivity index (χ4v) is 1.26. The second kappa shape index (κ2) is 6.51. The molecule has 0 fully saturated rings. The van der Waals surface area contributed by atoms with Gasteiger partial charge in [-0.05, 0) is 13.8 Å². The lowest BCUT2D eigenvalue weighted by atomic mass is 10.4. The first kappa shape index (κ1) is 13.0. The summed E-state index contributed by atoms with van der Waals surface area (Å²) in [5, 5.41) is 8.59. The molecule has 94 valence electrons. The Morgan fingerprint density at radius 2 is 1.88 bits per heavy atom. The quantitative estimate of drug-likeness (QED) is 0.557. The molecule has 1 rings (SSSR count). The van der Waals surface area contributed by atoms with Crippen molar-refractivity contribution in [3.63, 3.8) is 0 Å². The van der Waals surface area contributed by atoms with E-state index >= 15 is 0 Å². The van der Waals surface area contributed by atoms with Crippen LogP contribution < -0.4 is 21.7 Å². The number of nitrogens with two attached hydrogens (primary N) is 1. The van der Waals surface area contributed by atoms with E-state index < -0.39 is 0 Å². The standard InChI is InChI=1S/C10H18N6O/c1-3-12-7-5-8(16-10(11)15-7)14-6-9(17)13-4-2/h5H,3-4,6H2,1-2H3,(H,13,17)(H4,11,12,14,15,16). The average molecular weight is 238 g/mol. The summed E-state index contributed by atoms with van der Waals surface area (Å²) in [6.07, 6.45) is 0. The van der Waals surface area contributed by atoms with Crippen LogP contribution >= 0.6 is 0 Å². The fourth-order valence-electron chi connectivity index (χ4n) is 1.26. The Morgan fingerprint density at radius 1 is 1.24 bits per heavy atom. The summed E-state index contributed by atoms with van der Waals surface area (Å²) >= 11 is 0. The van der Waals surface area contributed by atoms with Crippen molar-refractivity contribution in [3.05, 3.63) is 6.07 Å². The van der Waals surface area contributed by atoms with E-state index in [0.29, 0.717) is 18.2 Å². The van der Waals surface area contributed by atoms with Crippen LogP contribution in [0, 0.1) is 0 Å². The van der Waals surface area contributed by atoms with Gasteiger partial charge in [0.15, 0.2) is 0 Å². The average Bonchev–Trinajstić information content (AvgIpc) is 2.26. The maximum atomic E-state index is 11.2. The Morgan fingerprint density at radius 3 is 2.47 bits per heavy atom. The Balaban J connectivity index is 2.61. The van der Waals surface area contributed by atoms with Gasteiger partial charge in [0.25, 0.3) is 0 Å². The van der Waals surface area contributed by atoms with Crippen molar-refractivity contribution in [2.75, 3.05) is 36.0 Å². The maximum Gasteiger partial charge on any atom is 0.239 e. The second-order valence-corrected chi connectivity index (χ2v) is 3.33. The van der Waals surface area contributed by atoms with Crippen LogP contribution in [0.3, 0.4) is 0 Å². The van der Waals surface area contributed by atoms with Gasteiger partial charge in [-0.3, -0.25) is 4.79 Å². The summed E-state index contributed by atoms with van der Waals surface area (Å²) in [5.41, 5.74) is 5.55. The first-order valence-corrected chi connectivity index (χ1v) is 5.54. The Hall–Kier alpha value is -2.05. The van der Waals surface area contributed by atoms with E-state index in [4.69, 9.17) is 5.73 Å². The summed E-state index contributed by atoms with van der Waals surface area (Å²) in [5.74, 6) is 1.25. The zero-order chi connectivity index (χ0) is 12.7. The summed E-state index contributed by atoms with van der Waals surface area (Å²) in [4.78, 5) is 19.2. The van der Waals surface area contributed by atoms with Crippen LogP contribution in [-0.2, 0) is 4.79 Å². The molecule has 7 nitrogen and oxygen atoms in total. The first-order valence-electron chi connectivity index (χ1n) is 5.54. The number of carbonyl (C=O) groups is 1. The molecule has 0 spiro atoms. The Labute approximate surface area is 100 Å². The predicted molar refractivity (Wildman–Crippen MR) is 67.8 cm³/mol. The van der Waals surface area contributed by atoms with E-state index in [1.165, 1.54) is 0 Å². The number of nitrogens with zero attached hydrogens (tertiary/aromatic N) is 2. The van der Waals surface area contributed by atoms with Crippen LogP contribution in [0.5, 0.6) is 0 Å². The number of nitrogens with one attached hydrogen (secondary N) is 3. The third kappa shape index (κ3) is 4.54. The van der Waals surface area contributed by atoms with E-state index in [1.807, 2.05) is 13.8 Å². The molecule has 17 heavy (non-hydrogen) atoms. The monoisotopic (exact) mass is 238 g/mol. The van der Waals surface area contributed by atoms with Gasteiger partial charge in [0.1, 0.15) is 11.6 Å². The van der Waals surface area contributed by atoms with Crippen LogP contribution in [0.15, 0.2) is 6.07 Å². The molecular weight excluding hydrogens is 220 g/mol. The number of hydrogen-bond acceptors (Lipinski definition) is 6. The van der Waals surface area contributed by atoms with E-state index in [2.05, 4.69) is 25.9 Å². The van der Waals surface area contributed by atoms with Crippen molar-refractivity contribution in [1.29, 1.82) is 0 Å². The minimum Gasteiger partial charge on any atom is -0.370 e. The van der Waals surface area contributed by atoms with E-state index in [1.54, 1.807) is 6.07 Å². The zero-order valence-electron chi connectivity index (χ0n) is 10.1. The number of anilines is 3. The molecule has 0 bridgehead atoms. The number of carbonyl (C=O) groups excluding carboxylic acids is 1. The van der Waals surface area contributed by atoms with E-state index in [-0.39, 0.29) is 18.4 Å². The zero-order valence-corrected chi connectivity index (χ0v) is 10.1. The molecule has 5 N–H and O–H groups in total. The van der Waals surface area contributed by atoms with Crippen LogP contribution in [0.1, 0.15) is 13.8 Å². The normalized spacial score (nSPS) is 9.76. The van der Waals surface area contributed by atoms with E-state index in [9.17, 15) is 4.79 Å². The number of aromatic nitrogens is 2. The third-order valence-electron chi connectivity index (χ3n) is 1.91. The molecule has 0 aromatic carbocycles. The summed E-state index contributed by atoms with van der Waals surface area (Å²) < 4.78 is 0. The van der Waals surface area contributed by atoms with Crippen LogP contribution in [0.2, 0.25) is 0 Å². The molecule has 0 saturated heterocycles. The topological polar surface area (TPSA) is 105 Å². The maximum absolute atomic E-state index is 11.2. The van der Waals surface area contributed by atoms with Crippen molar-refractivity contribution >= 4 is 23.5 Å². The van der Waals surface area contributed by atoms with Gasteiger partial charge >= 0.3 is 0 Å². The number of rotatable bonds is 6. The molecule has 1 amide bonds. The molecule has 0 saturated carbocycles. The van der Waals surface area contributed by atoms with Crippen LogP contribution in [0.4, 0.5) is 17.6 Å². The highest BCUT2D eigenvalue weighted by Crippen LogP contribution is 2.11. The molecule has 0 unspecified atom stereocenters. The summed E-state index contributed by atoms with van der Waals surface area (Å²) in [7, 11) is 0. The molecule has 1 heterocycles. The van der Waals surface area contributed by atoms with Crippen LogP contribution in [-0.4, -0.2) is 35.5 Å². The molecular formula is C10H18N6O. The third-order valence-corrected chi connectivity index (χ3v) is 1.91. The molecule has 0 aliphatic rings. The van der Waals surface area contributed by atoms with Gasteiger partial charge in [0.2, 0.25) is 11.9 Å². The molecule has 0 atom stereocenters.